The molecule has 8 nitrogen and oxygen atoms in total. The molecule has 1 unspecified atom stereocenters. The fraction of sp³-hybridized carbons (Fsp3) is 0.316. The fourth-order valence-electron chi connectivity index (χ4n) is 3.31. The average Bonchev–Trinajstić information content (AvgIpc) is 2.71. The van der Waals surface area contributed by atoms with Crippen LogP contribution in [0.4, 0.5) is 5.69 Å². The molecule has 0 aromatic heterocycles. The van der Waals surface area contributed by atoms with Gasteiger partial charge in [0.15, 0.2) is 21.3 Å². The Balaban J connectivity index is 1.80. The molecule has 0 radical (unpaired) electrons. The third-order valence-electron chi connectivity index (χ3n) is 4.73. The van der Waals surface area contributed by atoms with Gasteiger partial charge in [0.05, 0.1) is 24.9 Å². The first-order valence-corrected chi connectivity index (χ1v) is 10.3. The molecule has 0 saturated carbocycles. The molecule has 2 aromatic rings. The summed E-state index contributed by atoms with van der Waals surface area (Å²) in [4.78, 5) is 11.8. The van der Waals surface area contributed by atoms with Gasteiger partial charge < -0.3 is 14.8 Å². The zero-order valence-electron chi connectivity index (χ0n) is 15.6. The predicted molar refractivity (Wildman–Crippen MR) is 103 cm³/mol. The summed E-state index contributed by atoms with van der Waals surface area (Å²) in [6, 6.07) is 9.53. The zero-order valence-corrected chi connectivity index (χ0v) is 16.4. The second kappa shape index (κ2) is 8.07. The molecule has 9 heteroatoms. The summed E-state index contributed by atoms with van der Waals surface area (Å²) in [7, 11) is -0.603. The minimum atomic E-state index is -3.55. The highest BCUT2D eigenvalue weighted by Gasteiger charge is 2.26. The molecule has 0 saturated heterocycles. The van der Waals surface area contributed by atoms with Gasteiger partial charge in [-0.15, -0.1) is 0 Å². The number of hydrogen-bond donors (Lipinski definition) is 3. The standard InChI is InChI=1S/C19H22N2O6S/c1-26-17-6-4-15(9-18(17)27-2)28(24,25)11-12-7-14-8-13(19(22)21-23)3-5-16(14)20-10-12/h3-6,8-9,12,20,23H,7,10-11H2,1-2H3,(H,21,22). The number of hydrogen-bond acceptors (Lipinski definition) is 7. The van der Waals surface area contributed by atoms with Crippen molar-refractivity contribution in [3.05, 3.63) is 47.5 Å². The van der Waals surface area contributed by atoms with E-state index in [4.69, 9.17) is 14.7 Å². The van der Waals surface area contributed by atoms with Gasteiger partial charge in [-0.2, -0.15) is 0 Å². The number of fused-ring (bicyclic) bond motifs is 1. The van der Waals surface area contributed by atoms with Gasteiger partial charge in [0.1, 0.15) is 0 Å². The van der Waals surface area contributed by atoms with Crippen molar-refractivity contribution in [1.82, 2.24) is 5.48 Å². The number of amides is 1. The normalized spacial score (nSPS) is 15.9. The SMILES string of the molecule is COc1ccc(S(=O)(=O)CC2CNc3ccc(C(=O)NO)cc3C2)cc1OC. The summed E-state index contributed by atoms with van der Waals surface area (Å²) in [6.07, 6.45) is 0.501. The summed E-state index contributed by atoms with van der Waals surface area (Å²) in [5.41, 5.74) is 3.60. The molecule has 2 aromatic carbocycles. The van der Waals surface area contributed by atoms with Gasteiger partial charge in [0.2, 0.25) is 0 Å². The van der Waals surface area contributed by atoms with Gasteiger partial charge in [0, 0.05) is 23.9 Å². The lowest BCUT2D eigenvalue weighted by Crippen LogP contribution is -2.30. The molecule has 0 spiro atoms. The predicted octanol–water partition coefficient (Wildman–Crippen LogP) is 1.88. The first-order valence-electron chi connectivity index (χ1n) is 8.64. The molecule has 1 atom stereocenters. The van der Waals surface area contributed by atoms with Crippen LogP contribution in [0.3, 0.4) is 0 Å². The summed E-state index contributed by atoms with van der Waals surface area (Å²) in [6.45, 7) is 0.505. The van der Waals surface area contributed by atoms with Crippen molar-refractivity contribution in [3.8, 4) is 11.5 Å². The lowest BCUT2D eigenvalue weighted by molar-refractivity contribution is 0.0706. The lowest BCUT2D eigenvalue weighted by atomic mass is 9.94. The number of methoxy groups -OCH3 is 2. The lowest BCUT2D eigenvalue weighted by Gasteiger charge is -2.26. The molecule has 1 heterocycles. The molecular weight excluding hydrogens is 384 g/mol. The molecule has 150 valence electrons. The van der Waals surface area contributed by atoms with Crippen LogP contribution in [0.1, 0.15) is 15.9 Å². The highest BCUT2D eigenvalue weighted by molar-refractivity contribution is 7.91. The van der Waals surface area contributed by atoms with Gasteiger partial charge in [-0.05, 0) is 48.2 Å². The van der Waals surface area contributed by atoms with Crippen LogP contribution in [0.15, 0.2) is 41.3 Å². The first-order chi connectivity index (χ1) is 13.4. The zero-order chi connectivity index (χ0) is 20.3. The largest absolute Gasteiger partial charge is 0.493 e. The maximum atomic E-state index is 12.9. The van der Waals surface area contributed by atoms with Crippen LogP contribution in [-0.2, 0) is 16.3 Å². The Kier molecular flexibility index (Phi) is 5.76. The van der Waals surface area contributed by atoms with Crippen LogP contribution >= 0.6 is 0 Å². The monoisotopic (exact) mass is 406 g/mol. The Morgan fingerprint density at radius 1 is 1.18 bits per heavy atom. The van der Waals surface area contributed by atoms with E-state index >= 15 is 0 Å². The maximum absolute atomic E-state index is 12.9. The van der Waals surface area contributed by atoms with Crippen molar-refractivity contribution in [1.29, 1.82) is 0 Å². The molecular formula is C19H22N2O6S. The molecule has 3 N–H and O–H groups in total. The first kappa shape index (κ1) is 20.0. The second-order valence-corrected chi connectivity index (χ2v) is 8.60. The quantitative estimate of drug-likeness (QED) is 0.496. The van der Waals surface area contributed by atoms with E-state index < -0.39 is 15.7 Å². The van der Waals surface area contributed by atoms with Gasteiger partial charge in [0.25, 0.3) is 5.91 Å². The van der Waals surface area contributed by atoms with Gasteiger partial charge in [-0.25, -0.2) is 13.9 Å². The van der Waals surface area contributed by atoms with E-state index in [1.54, 1.807) is 29.7 Å². The number of ether oxygens (including phenoxy) is 2. The van der Waals surface area contributed by atoms with Gasteiger partial charge in [-0.1, -0.05) is 0 Å². The van der Waals surface area contributed by atoms with Crippen LogP contribution in [0.25, 0.3) is 0 Å². The van der Waals surface area contributed by atoms with E-state index in [2.05, 4.69) is 5.32 Å². The van der Waals surface area contributed by atoms with E-state index in [-0.39, 0.29) is 16.6 Å². The third-order valence-corrected chi connectivity index (χ3v) is 6.61. The molecule has 3 rings (SSSR count). The third kappa shape index (κ3) is 4.05. The van der Waals surface area contributed by atoms with Crippen LogP contribution in [0.2, 0.25) is 0 Å². The van der Waals surface area contributed by atoms with Crippen molar-refractivity contribution in [2.75, 3.05) is 31.8 Å². The highest BCUT2D eigenvalue weighted by Crippen LogP contribution is 2.32. The Labute approximate surface area is 163 Å². The van der Waals surface area contributed by atoms with E-state index in [1.165, 1.54) is 26.4 Å². The summed E-state index contributed by atoms with van der Waals surface area (Å²) >= 11 is 0. The Hall–Kier alpha value is -2.78. The molecule has 0 bridgehead atoms. The number of carbonyl (C=O) groups is 1. The number of nitrogens with one attached hydrogen (secondary N) is 2. The van der Waals surface area contributed by atoms with Crippen LogP contribution < -0.4 is 20.3 Å². The van der Waals surface area contributed by atoms with Crippen LogP contribution in [0.5, 0.6) is 11.5 Å². The number of hydroxylamine groups is 1. The fourth-order valence-corrected chi connectivity index (χ4v) is 4.92. The number of rotatable bonds is 6. The van der Waals surface area contributed by atoms with Crippen LogP contribution in [-0.4, -0.2) is 46.0 Å². The summed E-state index contributed by atoms with van der Waals surface area (Å²) in [5, 5.41) is 12.0. The van der Waals surface area contributed by atoms with Crippen molar-refractivity contribution in [3.63, 3.8) is 0 Å². The van der Waals surface area contributed by atoms with Gasteiger partial charge in [-0.3, -0.25) is 10.0 Å². The maximum Gasteiger partial charge on any atom is 0.274 e. The molecule has 1 aliphatic heterocycles. The summed E-state index contributed by atoms with van der Waals surface area (Å²) in [5.74, 6) is -0.00798. The van der Waals surface area contributed by atoms with E-state index in [9.17, 15) is 13.2 Å². The van der Waals surface area contributed by atoms with Crippen LogP contribution in [0, 0.1) is 5.92 Å². The Morgan fingerprint density at radius 2 is 1.93 bits per heavy atom. The number of benzene rings is 2. The number of sulfone groups is 1. The summed E-state index contributed by atoms with van der Waals surface area (Å²) < 4.78 is 36.1. The second-order valence-electron chi connectivity index (χ2n) is 6.56. The highest BCUT2D eigenvalue weighted by atomic mass is 32.2. The molecule has 0 fully saturated rings. The average molecular weight is 406 g/mol. The molecule has 1 aliphatic rings. The van der Waals surface area contributed by atoms with Gasteiger partial charge >= 0.3 is 0 Å². The minimum Gasteiger partial charge on any atom is -0.493 e. The number of anilines is 1. The molecule has 28 heavy (non-hydrogen) atoms. The van der Waals surface area contributed by atoms with E-state index in [0.29, 0.717) is 30.0 Å². The minimum absolute atomic E-state index is 0.0503. The molecule has 1 amide bonds. The van der Waals surface area contributed by atoms with Crippen molar-refractivity contribution in [2.45, 2.75) is 11.3 Å². The van der Waals surface area contributed by atoms with Crippen molar-refractivity contribution >= 4 is 21.4 Å². The topological polar surface area (TPSA) is 114 Å². The van der Waals surface area contributed by atoms with E-state index in [1.807, 2.05) is 0 Å². The smallest absolute Gasteiger partial charge is 0.274 e. The van der Waals surface area contributed by atoms with Crippen molar-refractivity contribution < 1.29 is 27.9 Å². The van der Waals surface area contributed by atoms with E-state index in [0.717, 1.165) is 11.3 Å². The Bertz CT molecular complexity index is 990. The Morgan fingerprint density at radius 3 is 2.61 bits per heavy atom. The number of carbonyl (C=O) groups excluding carboxylic acids is 1. The van der Waals surface area contributed by atoms with Crippen molar-refractivity contribution in [2.24, 2.45) is 5.92 Å². The molecule has 0 aliphatic carbocycles.